The van der Waals surface area contributed by atoms with Crippen molar-refractivity contribution in [1.82, 2.24) is 14.5 Å². The molecule has 0 aliphatic carbocycles. The van der Waals surface area contributed by atoms with Crippen molar-refractivity contribution < 1.29 is 24.5 Å². The van der Waals surface area contributed by atoms with Crippen LogP contribution in [0.25, 0.3) is 81.5 Å². The molecule has 10 rings (SSSR count). The van der Waals surface area contributed by atoms with Crippen molar-refractivity contribution in [2.75, 3.05) is 0 Å². The Hall–Kier alpha value is -5.17. The number of nitrogens with zero attached hydrogens (tertiary/aromatic N) is 3. The van der Waals surface area contributed by atoms with Gasteiger partial charge in [0.05, 0.1) is 30.5 Å². The molecule has 7 heteroatoms. The topological polar surface area (TPSA) is 43.9 Å². The van der Waals surface area contributed by atoms with E-state index in [0.717, 1.165) is 62.0 Å². The Morgan fingerprint density at radius 2 is 1.40 bits per heavy atom. The molecule has 4 aromatic heterocycles. The first-order valence-electron chi connectivity index (χ1n) is 21.6. The minimum atomic E-state index is -1.44. The first-order chi connectivity index (χ1) is 29.4. The van der Waals surface area contributed by atoms with Crippen LogP contribution in [0.5, 0.6) is 0 Å². The van der Waals surface area contributed by atoms with Gasteiger partial charge in [-0.05, 0) is 80.5 Å². The van der Waals surface area contributed by atoms with Crippen molar-refractivity contribution in [3.63, 3.8) is 0 Å². The summed E-state index contributed by atoms with van der Waals surface area (Å²) in [5.74, 6) is 2.36. The molecule has 0 saturated carbocycles. The molecule has 0 fully saturated rings. The number of pyridine rings is 1. The maximum atomic E-state index is 6.19. The van der Waals surface area contributed by atoms with Crippen molar-refractivity contribution in [2.45, 2.75) is 79.4 Å². The molecular weight excluding hydrogens is 971 g/mol. The van der Waals surface area contributed by atoms with E-state index < -0.39 is 8.07 Å². The van der Waals surface area contributed by atoms with Crippen LogP contribution in [0.15, 0.2) is 132 Å². The number of thiophene rings is 1. The van der Waals surface area contributed by atoms with Crippen molar-refractivity contribution in [3.05, 3.63) is 156 Å². The molecule has 315 valence electrons. The fraction of sp³-hybridized carbons (Fsp3) is 0.236. The third kappa shape index (κ3) is 8.12. The van der Waals surface area contributed by atoms with Gasteiger partial charge in [-0.1, -0.05) is 156 Å². The molecule has 4 nitrogen and oxygen atoms in total. The van der Waals surface area contributed by atoms with E-state index in [1.54, 1.807) is 0 Å². The van der Waals surface area contributed by atoms with Crippen LogP contribution >= 0.6 is 11.3 Å². The van der Waals surface area contributed by atoms with Crippen molar-refractivity contribution in [2.24, 2.45) is 5.92 Å². The summed E-state index contributed by atoms with van der Waals surface area (Å²) in [5.41, 5.74) is 12.3. The molecule has 1 radical (unpaired) electrons. The summed E-state index contributed by atoms with van der Waals surface area (Å²) in [7, 11) is -1.44. The molecule has 62 heavy (non-hydrogen) atoms. The number of para-hydroxylation sites is 4. The zero-order chi connectivity index (χ0) is 42.6. The van der Waals surface area contributed by atoms with E-state index in [-0.39, 0.29) is 20.1 Å². The van der Waals surface area contributed by atoms with Crippen LogP contribution in [0.2, 0.25) is 19.6 Å². The van der Waals surface area contributed by atoms with E-state index >= 15 is 0 Å². The predicted molar refractivity (Wildman–Crippen MR) is 264 cm³/mol. The first kappa shape index (κ1) is 43.5. The molecule has 4 heterocycles. The van der Waals surface area contributed by atoms with Crippen LogP contribution in [-0.4, -0.2) is 22.6 Å². The number of benzene rings is 6. The summed E-state index contributed by atoms with van der Waals surface area (Å²) in [5, 5.41) is 6.29. The van der Waals surface area contributed by atoms with Crippen LogP contribution in [0.3, 0.4) is 0 Å². The smallest absolute Gasteiger partial charge is 0.120 e. The SMILES string of the molecule is CC(C)Cc1cc(-c2[c-]ccc3c2oc2ccccc23)ncc1[Si](C)(C)C.CC(C)c1cccc(C(C)C)c1-n1c(-c2[c-]cc3sc4ccccc4c3c2)nc2ccccc21.[Ir]. The van der Waals surface area contributed by atoms with Gasteiger partial charge in [0.2, 0.25) is 0 Å². The Balaban J connectivity index is 0.000000172. The van der Waals surface area contributed by atoms with Crippen molar-refractivity contribution >= 4 is 77.7 Å². The van der Waals surface area contributed by atoms with E-state index in [4.69, 9.17) is 14.4 Å². The van der Waals surface area contributed by atoms with Crippen molar-refractivity contribution in [1.29, 1.82) is 0 Å². The van der Waals surface area contributed by atoms with Gasteiger partial charge >= 0.3 is 0 Å². The summed E-state index contributed by atoms with van der Waals surface area (Å²) in [6, 6.07) is 49.7. The summed E-state index contributed by atoms with van der Waals surface area (Å²) in [6.07, 6.45) is 3.18. The van der Waals surface area contributed by atoms with E-state index in [1.165, 1.54) is 47.7 Å². The Morgan fingerprint density at radius 1 is 0.710 bits per heavy atom. The molecule has 0 N–H and O–H groups in total. The molecule has 0 aliphatic rings. The summed E-state index contributed by atoms with van der Waals surface area (Å²) in [6.45, 7) is 20.8. The summed E-state index contributed by atoms with van der Waals surface area (Å²) < 4.78 is 11.1. The molecule has 0 saturated heterocycles. The van der Waals surface area contributed by atoms with Gasteiger partial charge in [-0.15, -0.1) is 42.0 Å². The van der Waals surface area contributed by atoms with Crippen LogP contribution in [-0.2, 0) is 26.5 Å². The third-order valence-electron chi connectivity index (χ3n) is 11.7. The van der Waals surface area contributed by atoms with Crippen LogP contribution < -0.4 is 5.19 Å². The molecule has 0 unspecified atom stereocenters. The van der Waals surface area contributed by atoms with E-state index in [9.17, 15) is 0 Å². The number of furan rings is 1. The maximum Gasteiger partial charge on any atom is 0.120 e. The Morgan fingerprint density at radius 3 is 2.13 bits per heavy atom. The van der Waals surface area contributed by atoms with E-state index in [0.29, 0.717) is 17.8 Å². The summed E-state index contributed by atoms with van der Waals surface area (Å²) in [4.78, 5) is 10.0. The first-order valence-corrected chi connectivity index (χ1v) is 25.9. The average molecular weight is 1020 g/mol. The molecule has 0 spiro atoms. The number of hydrogen-bond acceptors (Lipinski definition) is 4. The zero-order valence-corrected chi connectivity index (χ0v) is 41.3. The zero-order valence-electron chi connectivity index (χ0n) is 37.1. The van der Waals surface area contributed by atoms with Gasteiger partial charge in [-0.2, -0.15) is 11.3 Å². The van der Waals surface area contributed by atoms with Gasteiger partial charge in [-0.25, -0.2) is 0 Å². The molecule has 0 amide bonds. The summed E-state index contributed by atoms with van der Waals surface area (Å²) >= 11 is 1.83. The molecule has 10 aromatic rings. The van der Waals surface area contributed by atoms with Gasteiger partial charge in [0, 0.05) is 42.1 Å². The fourth-order valence-corrected chi connectivity index (χ4v) is 11.5. The Kier molecular flexibility index (Phi) is 12.3. The molecule has 0 aliphatic heterocycles. The number of aromatic nitrogens is 3. The number of rotatable bonds is 8. The number of imidazole rings is 1. The number of fused-ring (bicyclic) bond motifs is 7. The Bertz CT molecular complexity index is 3190. The predicted octanol–water partition coefficient (Wildman–Crippen LogP) is 15.3. The Labute approximate surface area is 384 Å². The second-order valence-corrected chi connectivity index (χ2v) is 24.5. The normalized spacial score (nSPS) is 12.0. The van der Waals surface area contributed by atoms with Crippen LogP contribution in [0.1, 0.15) is 70.1 Å². The van der Waals surface area contributed by atoms with Gasteiger partial charge in [0.15, 0.2) is 0 Å². The largest absolute Gasteiger partial charge is 0.501 e. The minimum Gasteiger partial charge on any atom is -0.501 e. The van der Waals surface area contributed by atoms with E-state index in [2.05, 4.69) is 187 Å². The molecule has 0 bridgehead atoms. The van der Waals surface area contributed by atoms with Crippen molar-refractivity contribution in [3.8, 4) is 28.3 Å². The maximum absolute atomic E-state index is 6.19. The third-order valence-corrected chi connectivity index (χ3v) is 14.9. The number of hydrogen-bond donors (Lipinski definition) is 0. The van der Waals surface area contributed by atoms with Crippen LogP contribution in [0.4, 0.5) is 0 Å². The molecule has 6 aromatic carbocycles. The monoisotopic (exact) mass is 1020 g/mol. The second-order valence-electron chi connectivity index (χ2n) is 18.3. The molecule has 0 atom stereocenters. The average Bonchev–Trinajstić information content (AvgIpc) is 3.94. The minimum absolute atomic E-state index is 0. The standard InChI is InChI=1S/C31H27N2S.C24H26NOSi.Ir/c1-19(2)22-11-9-12-23(20(3)4)30(22)33-27-14-7-6-13-26(27)32-31(33)21-16-17-29-25(18-21)24-10-5-8-15-28(24)34-29;1-16(2)13-17-14-21(25-15-23(17)27(3,4)5)20-11-8-10-19-18-9-6-7-12-22(18)26-24(19)20;/h5-15,17-20H,1-4H3;6-10,12,14-16H,13H2,1-5H3;/q2*-1;. The van der Waals surface area contributed by atoms with Crippen LogP contribution in [0, 0.1) is 18.1 Å². The molecular formula is C55H53IrN3OSSi-2. The second kappa shape index (κ2) is 17.5. The van der Waals surface area contributed by atoms with Gasteiger partial charge in [-0.3, -0.25) is 4.98 Å². The van der Waals surface area contributed by atoms with Gasteiger partial charge in [0.25, 0.3) is 0 Å². The van der Waals surface area contributed by atoms with Gasteiger partial charge < -0.3 is 14.0 Å². The fourth-order valence-electron chi connectivity index (χ4n) is 8.80. The van der Waals surface area contributed by atoms with E-state index in [1.807, 2.05) is 29.5 Å². The van der Waals surface area contributed by atoms with Gasteiger partial charge in [0.1, 0.15) is 5.58 Å². The quantitative estimate of drug-likeness (QED) is 0.113.